The van der Waals surface area contributed by atoms with Crippen LogP contribution in [0.5, 0.6) is 0 Å². The lowest BCUT2D eigenvalue weighted by Crippen LogP contribution is -2.32. The van der Waals surface area contributed by atoms with Crippen LogP contribution in [0.2, 0.25) is 0 Å². The van der Waals surface area contributed by atoms with Gasteiger partial charge in [0, 0.05) is 26.1 Å². The summed E-state index contributed by atoms with van der Waals surface area (Å²) >= 11 is 0. The molecule has 0 saturated heterocycles. The highest BCUT2D eigenvalue weighted by Crippen LogP contribution is 2.14. The van der Waals surface area contributed by atoms with E-state index in [0.717, 1.165) is 6.42 Å². The van der Waals surface area contributed by atoms with E-state index in [0.29, 0.717) is 13.1 Å². The Bertz CT molecular complexity index is 429. The summed E-state index contributed by atoms with van der Waals surface area (Å²) in [5, 5.41) is 16.0. The van der Waals surface area contributed by atoms with Gasteiger partial charge in [-0.1, -0.05) is 38.1 Å². The van der Waals surface area contributed by atoms with Gasteiger partial charge in [0.05, 0.1) is 6.10 Å². The molecule has 0 bridgehead atoms. The summed E-state index contributed by atoms with van der Waals surface area (Å²) in [5.74, 6) is 0.272. The number of carbonyl (C=O) groups is 1. The summed E-state index contributed by atoms with van der Waals surface area (Å²) in [4.78, 5) is 10.8. The molecule has 1 amide bonds. The predicted octanol–water partition coefficient (Wildman–Crippen LogP) is 2.03. The van der Waals surface area contributed by atoms with E-state index in [1.807, 2.05) is 13.8 Å². The molecule has 21 heavy (non-hydrogen) atoms. The first-order valence-corrected chi connectivity index (χ1v) is 7.65. The van der Waals surface area contributed by atoms with Crippen molar-refractivity contribution in [3.05, 3.63) is 35.4 Å². The van der Waals surface area contributed by atoms with Gasteiger partial charge in [-0.25, -0.2) is 0 Å². The zero-order valence-corrected chi connectivity index (χ0v) is 13.5. The predicted molar refractivity (Wildman–Crippen MR) is 86.1 cm³/mol. The summed E-state index contributed by atoms with van der Waals surface area (Å²) in [5.41, 5.74) is 2.41. The maximum Gasteiger partial charge on any atom is 0.216 e. The van der Waals surface area contributed by atoms with Crippen molar-refractivity contribution in [1.29, 1.82) is 0 Å². The van der Waals surface area contributed by atoms with Crippen molar-refractivity contribution in [2.45, 2.75) is 46.3 Å². The lowest BCUT2D eigenvalue weighted by molar-refractivity contribution is -0.118. The molecule has 2 atom stereocenters. The molecule has 0 aliphatic heterocycles. The topological polar surface area (TPSA) is 61.4 Å². The van der Waals surface area contributed by atoms with Crippen LogP contribution in [0, 0.1) is 5.92 Å². The van der Waals surface area contributed by atoms with Gasteiger partial charge >= 0.3 is 0 Å². The van der Waals surface area contributed by atoms with E-state index in [9.17, 15) is 9.90 Å². The van der Waals surface area contributed by atoms with Crippen molar-refractivity contribution in [3.8, 4) is 0 Å². The third kappa shape index (κ3) is 6.74. The van der Waals surface area contributed by atoms with Gasteiger partial charge in [0.2, 0.25) is 5.91 Å². The second-order valence-electron chi connectivity index (χ2n) is 5.92. The number of carbonyl (C=O) groups excluding carboxylic acids is 1. The summed E-state index contributed by atoms with van der Waals surface area (Å²) in [6, 6.07) is 8.59. The van der Waals surface area contributed by atoms with E-state index in [2.05, 4.69) is 41.8 Å². The van der Waals surface area contributed by atoms with Crippen molar-refractivity contribution < 1.29 is 9.90 Å². The van der Waals surface area contributed by atoms with Crippen LogP contribution >= 0.6 is 0 Å². The van der Waals surface area contributed by atoms with E-state index < -0.39 is 0 Å². The fraction of sp³-hybridized carbons (Fsp3) is 0.588. The minimum Gasteiger partial charge on any atom is -0.392 e. The standard InChI is InChI=1S/C17H28N2O2/c1-12(2)17(21)11-19-13(3)16-7-5-15(6-8-16)9-10-18-14(4)20/h5-8,12-13,17,19,21H,9-11H2,1-4H3,(H,18,20). The average Bonchev–Trinajstić information content (AvgIpc) is 2.44. The summed E-state index contributed by atoms with van der Waals surface area (Å²) in [6.45, 7) is 8.93. The lowest BCUT2D eigenvalue weighted by atomic mass is 10.0. The lowest BCUT2D eigenvalue weighted by Gasteiger charge is -2.20. The van der Waals surface area contributed by atoms with Gasteiger partial charge in [-0.2, -0.15) is 0 Å². The van der Waals surface area contributed by atoms with E-state index in [1.54, 1.807) is 0 Å². The van der Waals surface area contributed by atoms with Gasteiger partial charge in [-0.3, -0.25) is 4.79 Å². The number of aliphatic hydroxyl groups excluding tert-OH is 1. The smallest absolute Gasteiger partial charge is 0.216 e. The second-order valence-corrected chi connectivity index (χ2v) is 5.92. The van der Waals surface area contributed by atoms with E-state index in [1.165, 1.54) is 18.1 Å². The van der Waals surface area contributed by atoms with Gasteiger partial charge in [-0.15, -0.1) is 0 Å². The Morgan fingerprint density at radius 1 is 1.19 bits per heavy atom. The number of aliphatic hydroxyl groups is 1. The molecule has 0 aromatic heterocycles. The van der Waals surface area contributed by atoms with Gasteiger partial charge in [-0.05, 0) is 30.4 Å². The SMILES string of the molecule is CC(=O)NCCc1ccc(C(C)NCC(O)C(C)C)cc1. The van der Waals surface area contributed by atoms with Gasteiger partial charge in [0.1, 0.15) is 0 Å². The van der Waals surface area contributed by atoms with Crippen LogP contribution < -0.4 is 10.6 Å². The zero-order chi connectivity index (χ0) is 15.8. The van der Waals surface area contributed by atoms with Crippen molar-refractivity contribution >= 4 is 5.91 Å². The highest BCUT2D eigenvalue weighted by molar-refractivity contribution is 5.72. The first kappa shape index (κ1) is 17.7. The van der Waals surface area contributed by atoms with E-state index >= 15 is 0 Å². The molecule has 1 aromatic carbocycles. The largest absolute Gasteiger partial charge is 0.392 e. The Balaban J connectivity index is 2.43. The molecule has 1 rings (SSSR count). The molecule has 0 aliphatic rings. The molecule has 4 heteroatoms. The number of rotatable bonds is 8. The molecular formula is C17H28N2O2. The molecule has 0 aliphatic carbocycles. The molecule has 0 spiro atoms. The molecule has 0 fully saturated rings. The van der Waals surface area contributed by atoms with Gasteiger partial charge in [0.15, 0.2) is 0 Å². The van der Waals surface area contributed by atoms with Crippen molar-refractivity contribution in [2.75, 3.05) is 13.1 Å². The molecule has 0 radical (unpaired) electrons. The Morgan fingerprint density at radius 2 is 1.81 bits per heavy atom. The number of benzene rings is 1. The van der Waals surface area contributed by atoms with Crippen LogP contribution in [-0.2, 0) is 11.2 Å². The van der Waals surface area contributed by atoms with Crippen LogP contribution in [0.3, 0.4) is 0 Å². The zero-order valence-electron chi connectivity index (χ0n) is 13.5. The first-order chi connectivity index (χ1) is 9.90. The summed E-state index contributed by atoms with van der Waals surface area (Å²) in [7, 11) is 0. The fourth-order valence-electron chi connectivity index (χ4n) is 2.01. The van der Waals surface area contributed by atoms with Crippen LogP contribution in [0.1, 0.15) is 44.9 Å². The Labute approximate surface area is 128 Å². The van der Waals surface area contributed by atoms with Gasteiger partial charge < -0.3 is 15.7 Å². The van der Waals surface area contributed by atoms with E-state index in [-0.39, 0.29) is 24.0 Å². The maximum absolute atomic E-state index is 10.8. The van der Waals surface area contributed by atoms with Crippen LogP contribution in [-0.4, -0.2) is 30.2 Å². The Morgan fingerprint density at radius 3 is 2.33 bits per heavy atom. The van der Waals surface area contributed by atoms with Crippen molar-refractivity contribution in [3.63, 3.8) is 0 Å². The molecule has 1 aromatic rings. The molecule has 2 unspecified atom stereocenters. The number of amides is 1. The number of hydrogen-bond donors (Lipinski definition) is 3. The van der Waals surface area contributed by atoms with E-state index in [4.69, 9.17) is 0 Å². The first-order valence-electron chi connectivity index (χ1n) is 7.65. The Hall–Kier alpha value is -1.39. The van der Waals surface area contributed by atoms with Crippen LogP contribution in [0.25, 0.3) is 0 Å². The van der Waals surface area contributed by atoms with Crippen LogP contribution in [0.4, 0.5) is 0 Å². The van der Waals surface area contributed by atoms with Crippen molar-refractivity contribution in [1.82, 2.24) is 10.6 Å². The summed E-state index contributed by atoms with van der Waals surface area (Å²) in [6.07, 6.45) is 0.526. The number of nitrogens with one attached hydrogen (secondary N) is 2. The fourth-order valence-corrected chi connectivity index (χ4v) is 2.01. The normalized spacial score (nSPS) is 14.0. The highest BCUT2D eigenvalue weighted by atomic mass is 16.3. The molecule has 3 N–H and O–H groups in total. The maximum atomic E-state index is 10.8. The molecule has 4 nitrogen and oxygen atoms in total. The third-order valence-corrected chi connectivity index (χ3v) is 3.67. The van der Waals surface area contributed by atoms with Gasteiger partial charge in [0.25, 0.3) is 0 Å². The molecule has 118 valence electrons. The molecule has 0 saturated carbocycles. The quantitative estimate of drug-likeness (QED) is 0.687. The Kier molecular flexibility index (Phi) is 7.40. The van der Waals surface area contributed by atoms with Crippen LogP contribution in [0.15, 0.2) is 24.3 Å². The minimum atomic E-state index is -0.315. The monoisotopic (exact) mass is 292 g/mol. The average molecular weight is 292 g/mol. The minimum absolute atomic E-state index is 0.00755. The highest BCUT2D eigenvalue weighted by Gasteiger charge is 2.11. The number of hydrogen-bond acceptors (Lipinski definition) is 3. The molecule has 0 heterocycles. The molecular weight excluding hydrogens is 264 g/mol. The summed E-state index contributed by atoms with van der Waals surface area (Å²) < 4.78 is 0. The van der Waals surface area contributed by atoms with Crippen molar-refractivity contribution in [2.24, 2.45) is 5.92 Å². The second kappa shape index (κ2) is 8.80. The third-order valence-electron chi connectivity index (χ3n) is 3.67.